The number of aryl methyl sites for hydroxylation is 1. The first kappa shape index (κ1) is 22.8. The average molecular weight is 564 g/mol. The minimum atomic E-state index is -4.52. The van der Waals surface area contributed by atoms with Gasteiger partial charge in [-0.2, -0.15) is 13.2 Å². The molecule has 10 heteroatoms. The Morgan fingerprint density at radius 1 is 1.12 bits per heavy atom. The summed E-state index contributed by atoms with van der Waals surface area (Å²) in [5.41, 5.74) is 7.37. The lowest BCUT2D eigenvalue weighted by molar-refractivity contribution is -0.137. The highest BCUT2D eigenvalue weighted by Gasteiger charge is 2.30. The van der Waals surface area contributed by atoms with Gasteiger partial charge >= 0.3 is 6.18 Å². The number of carbonyl (C=O) groups is 1. The molecule has 3 aromatic carbocycles. The van der Waals surface area contributed by atoms with Crippen LogP contribution >= 0.6 is 22.6 Å². The van der Waals surface area contributed by atoms with Gasteiger partial charge in [0, 0.05) is 28.4 Å². The maximum Gasteiger partial charge on any atom is 0.416 e. The second-order valence-electron chi connectivity index (χ2n) is 7.32. The molecule has 1 aromatic heterocycles. The number of nitrogen functional groups attached to an aromatic ring is 1. The molecule has 4 N–H and O–H groups in total. The van der Waals surface area contributed by atoms with Gasteiger partial charge in [-0.1, -0.05) is 12.1 Å². The van der Waals surface area contributed by atoms with E-state index in [2.05, 4.69) is 15.3 Å². The second-order valence-corrected chi connectivity index (χ2v) is 8.39. The van der Waals surface area contributed by atoms with Gasteiger partial charge in [-0.3, -0.25) is 4.79 Å². The zero-order valence-corrected chi connectivity index (χ0v) is 19.2. The number of aromatic hydroxyl groups is 1. The molecule has 0 spiro atoms. The first-order chi connectivity index (χ1) is 15.5. The normalized spacial score (nSPS) is 11.5. The number of rotatable bonds is 3. The third kappa shape index (κ3) is 4.56. The first-order valence-corrected chi connectivity index (χ1v) is 10.7. The van der Waals surface area contributed by atoms with Crippen LogP contribution in [-0.2, 0) is 6.18 Å². The molecule has 0 aliphatic rings. The summed E-state index contributed by atoms with van der Waals surface area (Å²) in [6.45, 7) is 1.82. The molecule has 0 aliphatic carbocycles. The Morgan fingerprint density at radius 3 is 2.61 bits per heavy atom. The molecular formula is C23H16F3IN4O2. The van der Waals surface area contributed by atoms with E-state index < -0.39 is 17.6 Å². The topological polar surface area (TPSA) is 101 Å². The Hall–Kier alpha value is -3.41. The summed E-state index contributed by atoms with van der Waals surface area (Å²) in [5.74, 6) is -0.529. The predicted molar refractivity (Wildman–Crippen MR) is 128 cm³/mol. The quantitative estimate of drug-likeness (QED) is 0.275. The zero-order chi connectivity index (χ0) is 23.9. The van der Waals surface area contributed by atoms with Crippen LogP contribution in [0.2, 0.25) is 0 Å². The van der Waals surface area contributed by atoms with Crippen molar-refractivity contribution in [1.29, 1.82) is 0 Å². The minimum absolute atomic E-state index is 0.0230. The van der Waals surface area contributed by atoms with Crippen LogP contribution in [0.25, 0.3) is 22.0 Å². The third-order valence-electron chi connectivity index (χ3n) is 5.04. The molecule has 4 rings (SSSR count). The molecule has 0 radical (unpaired) electrons. The van der Waals surface area contributed by atoms with Crippen molar-refractivity contribution in [1.82, 2.24) is 9.97 Å². The Bertz CT molecular complexity index is 1410. The van der Waals surface area contributed by atoms with Crippen LogP contribution in [0.5, 0.6) is 5.75 Å². The Morgan fingerprint density at radius 2 is 1.88 bits per heavy atom. The molecule has 0 saturated carbocycles. The molecule has 0 atom stereocenters. The Balaban J connectivity index is 1.73. The van der Waals surface area contributed by atoms with Crippen molar-refractivity contribution in [3.63, 3.8) is 0 Å². The van der Waals surface area contributed by atoms with Crippen LogP contribution in [0.4, 0.5) is 24.8 Å². The zero-order valence-electron chi connectivity index (χ0n) is 17.0. The van der Waals surface area contributed by atoms with E-state index in [1.54, 1.807) is 30.5 Å². The lowest BCUT2D eigenvalue weighted by Gasteiger charge is -2.14. The van der Waals surface area contributed by atoms with E-state index in [0.29, 0.717) is 25.6 Å². The SMILES string of the molecule is Cc1ccc(C(=O)Nc2cccc(C(F)(F)F)c2)cc1-c1cc2cnc(N)nc2c(I)c1O. The number of halogens is 4. The van der Waals surface area contributed by atoms with Crippen LogP contribution in [-0.4, -0.2) is 21.0 Å². The van der Waals surface area contributed by atoms with Crippen LogP contribution in [0.1, 0.15) is 21.5 Å². The molecule has 0 fully saturated rings. The van der Waals surface area contributed by atoms with E-state index in [1.165, 1.54) is 12.1 Å². The molecule has 4 aromatic rings. The molecule has 0 aliphatic heterocycles. The van der Waals surface area contributed by atoms with E-state index in [0.717, 1.165) is 17.7 Å². The van der Waals surface area contributed by atoms with E-state index in [9.17, 15) is 23.1 Å². The molecule has 1 amide bonds. The molecule has 6 nitrogen and oxygen atoms in total. The fourth-order valence-electron chi connectivity index (χ4n) is 3.38. The smallest absolute Gasteiger partial charge is 0.416 e. The molecule has 0 saturated heterocycles. The maximum absolute atomic E-state index is 13.0. The van der Waals surface area contributed by atoms with E-state index in [4.69, 9.17) is 5.73 Å². The lowest BCUT2D eigenvalue weighted by atomic mass is 9.96. The van der Waals surface area contributed by atoms with Crippen LogP contribution in [0, 0.1) is 10.5 Å². The molecule has 0 bridgehead atoms. The molecular weight excluding hydrogens is 548 g/mol. The highest BCUT2D eigenvalue weighted by Crippen LogP contribution is 2.39. The number of alkyl halides is 3. The van der Waals surface area contributed by atoms with Gasteiger partial charge in [-0.15, -0.1) is 0 Å². The van der Waals surface area contributed by atoms with Gasteiger partial charge in [0.1, 0.15) is 5.75 Å². The highest BCUT2D eigenvalue weighted by atomic mass is 127. The van der Waals surface area contributed by atoms with Crippen LogP contribution < -0.4 is 11.1 Å². The van der Waals surface area contributed by atoms with Gasteiger partial charge < -0.3 is 16.2 Å². The van der Waals surface area contributed by atoms with Gasteiger partial charge in [0.15, 0.2) is 0 Å². The van der Waals surface area contributed by atoms with Crippen molar-refractivity contribution in [3.8, 4) is 16.9 Å². The molecule has 1 heterocycles. The van der Waals surface area contributed by atoms with Crippen LogP contribution in [0.3, 0.4) is 0 Å². The number of fused-ring (bicyclic) bond motifs is 1. The summed E-state index contributed by atoms with van der Waals surface area (Å²) < 4.78 is 39.4. The molecule has 33 heavy (non-hydrogen) atoms. The van der Waals surface area contributed by atoms with E-state index >= 15 is 0 Å². The number of nitrogens with one attached hydrogen (secondary N) is 1. The van der Waals surface area contributed by atoms with Gasteiger partial charge in [-0.25, -0.2) is 9.97 Å². The summed E-state index contributed by atoms with van der Waals surface area (Å²) >= 11 is 1.96. The summed E-state index contributed by atoms with van der Waals surface area (Å²) in [5, 5.41) is 14.0. The van der Waals surface area contributed by atoms with Crippen molar-refractivity contribution in [2.75, 3.05) is 11.1 Å². The number of nitrogens with zero attached hydrogens (tertiary/aromatic N) is 2. The molecule has 168 valence electrons. The number of benzene rings is 3. The van der Waals surface area contributed by atoms with Crippen molar-refractivity contribution < 1.29 is 23.1 Å². The monoisotopic (exact) mass is 564 g/mol. The number of aromatic nitrogens is 2. The van der Waals surface area contributed by atoms with Gasteiger partial charge in [0.25, 0.3) is 5.91 Å². The van der Waals surface area contributed by atoms with E-state index in [1.807, 2.05) is 29.5 Å². The van der Waals surface area contributed by atoms with Gasteiger partial charge in [0.05, 0.1) is 14.7 Å². The summed E-state index contributed by atoms with van der Waals surface area (Å²) in [6, 6.07) is 10.9. The summed E-state index contributed by atoms with van der Waals surface area (Å²) in [6.07, 6.45) is -2.97. The lowest BCUT2D eigenvalue weighted by Crippen LogP contribution is -2.13. The average Bonchev–Trinajstić information content (AvgIpc) is 2.76. The standard InChI is InChI=1S/C23H16F3IN4O2/c1-11-5-6-12(21(33)30-15-4-2-3-14(9-15)23(24,25)26)7-16(11)17-8-13-10-29-22(28)31-19(13)18(27)20(17)32/h2-10,32H,1H3,(H,30,33)(H2,28,29,31). The largest absolute Gasteiger partial charge is 0.506 e. The number of hydrogen-bond donors (Lipinski definition) is 3. The Kier molecular flexibility index (Phi) is 5.87. The number of hydrogen-bond acceptors (Lipinski definition) is 5. The number of amides is 1. The summed E-state index contributed by atoms with van der Waals surface area (Å²) in [4.78, 5) is 20.9. The van der Waals surface area contributed by atoms with Crippen LogP contribution in [0.15, 0.2) is 54.7 Å². The number of phenolic OH excluding ortho intramolecular Hbond substituents is 1. The first-order valence-electron chi connectivity index (χ1n) is 9.58. The van der Waals surface area contributed by atoms with Crippen molar-refractivity contribution >= 4 is 51.0 Å². The predicted octanol–water partition coefficient (Wildman–Crippen LogP) is 5.77. The van der Waals surface area contributed by atoms with Gasteiger partial charge in [-0.05, 0) is 77.0 Å². The molecule has 0 unspecified atom stereocenters. The van der Waals surface area contributed by atoms with Crippen molar-refractivity contribution in [2.24, 2.45) is 0 Å². The number of anilines is 2. The Labute approximate surface area is 199 Å². The fraction of sp³-hybridized carbons (Fsp3) is 0.0870. The minimum Gasteiger partial charge on any atom is -0.506 e. The van der Waals surface area contributed by atoms with Gasteiger partial charge in [0.2, 0.25) is 5.95 Å². The second kappa shape index (κ2) is 8.50. The number of nitrogens with two attached hydrogens (primary N) is 1. The fourth-order valence-corrected chi connectivity index (χ4v) is 4.10. The maximum atomic E-state index is 13.0. The highest BCUT2D eigenvalue weighted by molar-refractivity contribution is 14.1. The third-order valence-corrected chi connectivity index (χ3v) is 6.07. The number of carbonyl (C=O) groups excluding carboxylic acids is 1. The summed E-state index contributed by atoms with van der Waals surface area (Å²) in [7, 11) is 0. The van der Waals surface area contributed by atoms with Crippen molar-refractivity contribution in [3.05, 3.63) is 75.0 Å². The van der Waals surface area contributed by atoms with Crippen molar-refractivity contribution in [2.45, 2.75) is 13.1 Å². The number of phenols is 1. The van der Waals surface area contributed by atoms with E-state index in [-0.39, 0.29) is 22.9 Å².